The van der Waals surface area contributed by atoms with E-state index in [0.717, 1.165) is 4.91 Å². The first-order chi connectivity index (χ1) is 5.89. The fourth-order valence-electron chi connectivity index (χ4n) is 1.30. The summed E-state index contributed by atoms with van der Waals surface area (Å²) in [5.74, 6) is 0. The third-order valence-electron chi connectivity index (χ3n) is 1.87. The monoisotopic (exact) mass is 371 g/mol. The molecule has 0 aromatic carbocycles. The van der Waals surface area contributed by atoms with Crippen LogP contribution in [0.3, 0.4) is 0 Å². The fourth-order valence-corrected chi connectivity index (χ4v) is 11.7. The van der Waals surface area contributed by atoms with E-state index in [0.29, 0.717) is 0 Å². The molecule has 0 aliphatic carbocycles. The molecule has 0 nitrogen and oxygen atoms in total. The molecule has 0 aromatic heterocycles. The van der Waals surface area contributed by atoms with E-state index in [9.17, 15) is 0 Å². The zero-order chi connectivity index (χ0) is 12.2. The Hall–Kier alpha value is 2.28. The molecule has 0 spiro atoms. The molecule has 7 heteroatoms. The van der Waals surface area contributed by atoms with Gasteiger partial charge in [-0.2, -0.15) is 0 Å². The normalized spacial score (nSPS) is 12.9. The second-order valence-electron chi connectivity index (χ2n) is 5.42. The van der Waals surface area contributed by atoms with E-state index in [1.807, 2.05) is 0 Å². The van der Waals surface area contributed by atoms with Crippen LogP contribution in [0.2, 0.25) is 39.3 Å². The summed E-state index contributed by atoms with van der Waals surface area (Å²) in [6, 6.07) is 0. The molecule has 0 aliphatic heterocycles. The summed E-state index contributed by atoms with van der Waals surface area (Å²) in [7, 11) is 16.2. The Labute approximate surface area is 110 Å². The van der Waals surface area contributed by atoms with Crippen LogP contribution in [0.1, 0.15) is 0 Å². The number of halogens is 3. The van der Waals surface area contributed by atoms with Crippen LogP contribution in [0.4, 0.5) is 0 Å². The average Bonchev–Trinajstić information content (AvgIpc) is 1.80. The Morgan fingerprint density at radius 3 is 1.00 bits per heavy atom. The first-order valence-corrected chi connectivity index (χ1v) is 20.6. The molecule has 1 unspecified atom stereocenters. The van der Waals surface area contributed by atoms with Gasteiger partial charge in [-0.15, -0.1) is 9.24 Å². The zero-order valence-electron chi connectivity index (χ0n) is 9.79. The van der Waals surface area contributed by atoms with Crippen molar-refractivity contribution in [3.63, 3.8) is 0 Å². The number of hydrogen-bond acceptors (Lipinski definition) is 0. The van der Waals surface area contributed by atoms with Gasteiger partial charge in [0.2, 0.25) is 0 Å². The molecule has 87 valence electrons. The molecular formula is C7H21Cl3GePSi2. The summed E-state index contributed by atoms with van der Waals surface area (Å²) in [4.78, 5) is 0.958. The van der Waals surface area contributed by atoms with Crippen molar-refractivity contribution in [2.45, 2.75) is 44.2 Å². The molecule has 0 heterocycles. The van der Waals surface area contributed by atoms with Crippen molar-refractivity contribution in [1.82, 2.24) is 0 Å². The Balaban J connectivity index is 0. The molecule has 0 rings (SSSR count). The average molecular weight is 371 g/mol. The van der Waals surface area contributed by atoms with Gasteiger partial charge in [0.05, 0.1) is 0 Å². The maximum absolute atomic E-state index is 4.97. The zero-order valence-corrected chi connectivity index (χ0v) is 17.3. The van der Waals surface area contributed by atoms with Gasteiger partial charge in [-0.3, -0.25) is 0 Å². The quantitative estimate of drug-likeness (QED) is 0.489. The van der Waals surface area contributed by atoms with Gasteiger partial charge in [0.25, 0.3) is 0 Å². The van der Waals surface area contributed by atoms with E-state index in [1.165, 1.54) is 0 Å². The van der Waals surface area contributed by atoms with Crippen molar-refractivity contribution in [1.29, 1.82) is 0 Å². The van der Waals surface area contributed by atoms with E-state index >= 15 is 0 Å². The molecule has 0 bridgehead atoms. The van der Waals surface area contributed by atoms with E-state index in [4.69, 9.17) is 30.0 Å². The third-order valence-corrected chi connectivity index (χ3v) is 16.8. The predicted octanol–water partition coefficient (Wildman–Crippen LogP) is 4.67. The minimum atomic E-state index is -1.92. The Kier molecular flexibility index (Phi) is 10.1. The van der Waals surface area contributed by atoms with Crippen molar-refractivity contribution >= 4 is 67.0 Å². The summed E-state index contributed by atoms with van der Waals surface area (Å²) in [6.07, 6.45) is 0. The van der Waals surface area contributed by atoms with Crippen LogP contribution in [0, 0.1) is 0 Å². The molecule has 0 aromatic rings. The number of rotatable bonds is 2. The van der Waals surface area contributed by atoms with Crippen LogP contribution in [0.5, 0.6) is 0 Å². The van der Waals surface area contributed by atoms with E-state index in [1.54, 1.807) is 0 Å². The Morgan fingerprint density at radius 1 is 0.857 bits per heavy atom. The van der Waals surface area contributed by atoms with E-state index < -0.39 is 27.7 Å². The molecular weight excluding hydrogens is 350 g/mol. The van der Waals surface area contributed by atoms with Crippen molar-refractivity contribution in [2.24, 2.45) is 0 Å². The van der Waals surface area contributed by atoms with E-state index in [-0.39, 0.29) is 0 Å². The second kappa shape index (κ2) is 7.57. The molecule has 0 amide bonds. The number of hydrogen-bond donors (Lipinski definition) is 0. The van der Waals surface area contributed by atoms with Crippen molar-refractivity contribution < 1.29 is 0 Å². The van der Waals surface area contributed by atoms with Crippen LogP contribution in [0.25, 0.3) is 0 Å². The summed E-state index contributed by atoms with van der Waals surface area (Å²) in [5, 5.41) is 0. The van der Waals surface area contributed by atoms with E-state index in [2.05, 4.69) is 48.5 Å². The SMILES string of the molecule is C[Si](C)(C)C(P)[Si](C)(C)C.[Cl][Ge]([Cl])[Cl]. The fraction of sp³-hybridized carbons (Fsp3) is 1.00. The standard InChI is InChI=1S/C7H21PSi2.Cl3Ge/c1-9(2,3)7(8)10(4,5)6;1-4(2)3/h7H,8H2,1-6H3;. The minimum absolute atomic E-state index is 0.871. The summed E-state index contributed by atoms with van der Waals surface area (Å²) in [6.45, 7) is 14.8. The molecule has 0 N–H and O–H groups in total. The van der Waals surface area contributed by atoms with Gasteiger partial charge < -0.3 is 0 Å². The first kappa shape index (κ1) is 18.6. The topological polar surface area (TPSA) is 0 Å². The van der Waals surface area contributed by atoms with Gasteiger partial charge >= 0.3 is 41.6 Å². The van der Waals surface area contributed by atoms with Gasteiger partial charge in [0.15, 0.2) is 0 Å². The van der Waals surface area contributed by atoms with Gasteiger partial charge in [-0.25, -0.2) is 0 Å². The molecule has 0 saturated carbocycles. The van der Waals surface area contributed by atoms with Crippen LogP contribution < -0.4 is 0 Å². The Morgan fingerprint density at radius 2 is 1.00 bits per heavy atom. The summed E-state index contributed by atoms with van der Waals surface area (Å²) >= 11 is -1.92. The third kappa shape index (κ3) is 12.3. The molecule has 0 saturated heterocycles. The van der Waals surface area contributed by atoms with Gasteiger partial charge in [-0.05, 0) is 4.91 Å². The Bertz CT molecular complexity index is 139. The van der Waals surface area contributed by atoms with Crippen molar-refractivity contribution in [3.05, 3.63) is 0 Å². The summed E-state index contributed by atoms with van der Waals surface area (Å²) < 4.78 is 0. The van der Waals surface area contributed by atoms with Crippen LogP contribution >= 0.6 is 39.3 Å². The second-order valence-corrected chi connectivity index (χ2v) is 28.5. The predicted molar refractivity (Wildman–Crippen MR) is 83.5 cm³/mol. The first-order valence-electron chi connectivity index (χ1n) is 4.48. The van der Waals surface area contributed by atoms with Crippen LogP contribution in [-0.2, 0) is 0 Å². The maximum atomic E-state index is 4.97. The molecule has 0 fully saturated rings. The van der Waals surface area contributed by atoms with Gasteiger partial charge in [-0.1, -0.05) is 39.3 Å². The molecule has 0 aliphatic rings. The van der Waals surface area contributed by atoms with Crippen LogP contribution in [0.15, 0.2) is 0 Å². The van der Waals surface area contributed by atoms with Crippen molar-refractivity contribution in [3.8, 4) is 0 Å². The van der Waals surface area contributed by atoms with Crippen molar-refractivity contribution in [2.75, 3.05) is 0 Å². The molecule has 1 atom stereocenters. The molecule has 1 radical (unpaired) electrons. The summed E-state index contributed by atoms with van der Waals surface area (Å²) in [5.41, 5.74) is 0. The van der Waals surface area contributed by atoms with Crippen LogP contribution in [-0.4, -0.2) is 32.6 Å². The molecule has 14 heavy (non-hydrogen) atoms. The van der Waals surface area contributed by atoms with Gasteiger partial charge in [0, 0.05) is 16.1 Å². The van der Waals surface area contributed by atoms with Gasteiger partial charge in [0.1, 0.15) is 0 Å².